The lowest BCUT2D eigenvalue weighted by Crippen LogP contribution is -2.46. The number of aromatic nitrogens is 4. The molecular weight excluding hydrogens is 402 g/mol. The maximum absolute atomic E-state index is 11.9. The number of ether oxygens (including phenoxy) is 3. The number of hydrogen-bond donors (Lipinski definition) is 3. The van der Waals surface area contributed by atoms with Crippen molar-refractivity contribution in [3.63, 3.8) is 0 Å². The standard InChI is InChI=1S/C20H21N7O4/c1-20(2)17(28)31-13-7-8-15(24-16(13)27-20)25-19-22-10-21-18(26-19)23-11-5-6-12(29-3)14(9-11)30-4/h5-10H,1-4H3,(H3,21,22,23,24,25,26,27). The molecule has 31 heavy (non-hydrogen) atoms. The number of fused-ring (bicyclic) bond motifs is 1. The summed E-state index contributed by atoms with van der Waals surface area (Å²) < 4.78 is 15.9. The molecule has 4 rings (SSSR count). The second-order valence-electron chi connectivity index (χ2n) is 7.14. The van der Waals surface area contributed by atoms with Crippen LogP contribution in [0.5, 0.6) is 17.2 Å². The maximum atomic E-state index is 11.9. The monoisotopic (exact) mass is 423 g/mol. The highest BCUT2D eigenvalue weighted by molar-refractivity contribution is 5.89. The van der Waals surface area contributed by atoms with E-state index < -0.39 is 5.54 Å². The van der Waals surface area contributed by atoms with Crippen molar-refractivity contribution in [1.82, 2.24) is 19.9 Å². The Morgan fingerprint density at radius 1 is 0.968 bits per heavy atom. The van der Waals surface area contributed by atoms with Crippen LogP contribution in [0.3, 0.4) is 0 Å². The zero-order valence-electron chi connectivity index (χ0n) is 17.4. The Balaban J connectivity index is 1.51. The molecule has 0 saturated heterocycles. The van der Waals surface area contributed by atoms with E-state index in [0.717, 1.165) is 5.69 Å². The van der Waals surface area contributed by atoms with E-state index in [2.05, 4.69) is 35.9 Å². The van der Waals surface area contributed by atoms with Crippen LogP contribution in [0, 0.1) is 0 Å². The molecule has 0 amide bonds. The number of rotatable bonds is 6. The van der Waals surface area contributed by atoms with Gasteiger partial charge in [-0.3, -0.25) is 0 Å². The van der Waals surface area contributed by atoms with Crippen molar-refractivity contribution in [2.45, 2.75) is 19.4 Å². The van der Waals surface area contributed by atoms with Crippen LogP contribution in [0.4, 0.5) is 29.2 Å². The van der Waals surface area contributed by atoms with Gasteiger partial charge < -0.3 is 30.2 Å². The third-order valence-corrected chi connectivity index (χ3v) is 4.45. The molecule has 0 spiro atoms. The summed E-state index contributed by atoms with van der Waals surface area (Å²) in [7, 11) is 3.14. The van der Waals surface area contributed by atoms with Gasteiger partial charge in [-0.05, 0) is 38.1 Å². The minimum absolute atomic E-state index is 0.289. The Bertz CT molecular complexity index is 1140. The summed E-state index contributed by atoms with van der Waals surface area (Å²) in [6.07, 6.45) is 1.37. The fraction of sp³-hybridized carbons (Fsp3) is 0.250. The maximum Gasteiger partial charge on any atom is 0.336 e. The average Bonchev–Trinajstić information content (AvgIpc) is 2.74. The van der Waals surface area contributed by atoms with E-state index in [0.29, 0.717) is 34.8 Å². The molecule has 0 fully saturated rings. The summed E-state index contributed by atoms with van der Waals surface area (Å²) in [5.41, 5.74) is -0.155. The quantitative estimate of drug-likeness (QED) is 0.505. The van der Waals surface area contributed by atoms with E-state index >= 15 is 0 Å². The molecule has 0 bridgehead atoms. The van der Waals surface area contributed by atoms with E-state index in [1.807, 2.05) is 6.07 Å². The van der Waals surface area contributed by atoms with E-state index in [4.69, 9.17) is 14.2 Å². The van der Waals surface area contributed by atoms with Crippen LogP contribution in [0.2, 0.25) is 0 Å². The fourth-order valence-corrected chi connectivity index (χ4v) is 2.84. The molecular formula is C20H21N7O4. The molecule has 0 saturated carbocycles. The number of nitrogens with one attached hydrogen (secondary N) is 3. The van der Waals surface area contributed by atoms with Gasteiger partial charge in [-0.15, -0.1) is 0 Å². The normalized spacial score (nSPS) is 14.0. The lowest BCUT2D eigenvalue weighted by Gasteiger charge is -2.30. The molecule has 11 nitrogen and oxygen atoms in total. The summed E-state index contributed by atoms with van der Waals surface area (Å²) in [5.74, 6) is 2.73. The molecule has 3 heterocycles. The van der Waals surface area contributed by atoms with Crippen molar-refractivity contribution in [2.75, 3.05) is 30.2 Å². The van der Waals surface area contributed by atoms with Gasteiger partial charge in [-0.2, -0.15) is 4.98 Å². The van der Waals surface area contributed by atoms with Crippen LogP contribution >= 0.6 is 0 Å². The van der Waals surface area contributed by atoms with Crippen LogP contribution in [0.15, 0.2) is 36.7 Å². The van der Waals surface area contributed by atoms with Gasteiger partial charge in [0.15, 0.2) is 23.1 Å². The molecule has 1 aliphatic heterocycles. The minimum Gasteiger partial charge on any atom is -0.493 e. The second-order valence-corrected chi connectivity index (χ2v) is 7.14. The van der Waals surface area contributed by atoms with Crippen LogP contribution < -0.4 is 30.2 Å². The first kappa shape index (κ1) is 20.1. The van der Waals surface area contributed by atoms with Gasteiger partial charge in [-0.1, -0.05) is 0 Å². The van der Waals surface area contributed by atoms with E-state index in [9.17, 15) is 4.79 Å². The van der Waals surface area contributed by atoms with Gasteiger partial charge in [-0.25, -0.2) is 19.7 Å². The number of carbonyl (C=O) groups excluding carboxylic acids is 1. The number of pyridine rings is 1. The number of nitrogens with zero attached hydrogens (tertiary/aromatic N) is 4. The smallest absolute Gasteiger partial charge is 0.336 e. The summed E-state index contributed by atoms with van der Waals surface area (Å²) in [6.45, 7) is 3.44. The molecule has 0 aliphatic carbocycles. The Kier molecular flexibility index (Phi) is 5.15. The predicted molar refractivity (Wildman–Crippen MR) is 114 cm³/mol. The third-order valence-electron chi connectivity index (χ3n) is 4.45. The molecule has 1 aromatic carbocycles. The SMILES string of the molecule is COc1ccc(Nc2ncnc(Nc3ccc4c(n3)NC(C)(C)C(=O)O4)n2)cc1OC. The Morgan fingerprint density at radius 2 is 1.71 bits per heavy atom. The van der Waals surface area contributed by atoms with Crippen molar-refractivity contribution in [1.29, 1.82) is 0 Å². The molecule has 0 atom stereocenters. The summed E-state index contributed by atoms with van der Waals surface area (Å²) in [6, 6.07) is 8.68. The van der Waals surface area contributed by atoms with Crippen molar-refractivity contribution >= 4 is 35.2 Å². The highest BCUT2D eigenvalue weighted by Crippen LogP contribution is 2.33. The van der Waals surface area contributed by atoms with Gasteiger partial charge in [0, 0.05) is 11.8 Å². The molecule has 3 aromatic rings. The summed E-state index contributed by atoms with van der Waals surface area (Å²) in [4.78, 5) is 29.0. The van der Waals surface area contributed by atoms with Gasteiger partial charge in [0.25, 0.3) is 0 Å². The summed E-state index contributed by atoms with van der Waals surface area (Å²) in [5, 5.41) is 9.18. The van der Waals surface area contributed by atoms with Gasteiger partial charge >= 0.3 is 5.97 Å². The second kappa shape index (κ2) is 7.94. The highest BCUT2D eigenvalue weighted by Gasteiger charge is 2.36. The molecule has 2 aromatic heterocycles. The van der Waals surface area contributed by atoms with Gasteiger partial charge in [0.05, 0.1) is 14.2 Å². The van der Waals surface area contributed by atoms with E-state index in [1.54, 1.807) is 52.3 Å². The average molecular weight is 423 g/mol. The van der Waals surface area contributed by atoms with Crippen molar-refractivity contribution in [3.8, 4) is 17.2 Å². The molecule has 0 radical (unpaired) electrons. The van der Waals surface area contributed by atoms with Crippen LogP contribution in [0.1, 0.15) is 13.8 Å². The number of methoxy groups -OCH3 is 2. The number of anilines is 5. The predicted octanol–water partition coefficient (Wildman–Crippen LogP) is 2.88. The molecule has 160 valence electrons. The fourth-order valence-electron chi connectivity index (χ4n) is 2.84. The zero-order valence-corrected chi connectivity index (χ0v) is 17.4. The number of hydrogen-bond acceptors (Lipinski definition) is 11. The van der Waals surface area contributed by atoms with Crippen molar-refractivity contribution < 1.29 is 19.0 Å². The van der Waals surface area contributed by atoms with E-state index in [1.165, 1.54) is 6.33 Å². The lowest BCUT2D eigenvalue weighted by molar-refractivity contribution is -0.139. The minimum atomic E-state index is -0.873. The van der Waals surface area contributed by atoms with Crippen LogP contribution in [0.25, 0.3) is 0 Å². The highest BCUT2D eigenvalue weighted by atomic mass is 16.5. The largest absolute Gasteiger partial charge is 0.493 e. The topological polar surface area (TPSA) is 132 Å². The number of esters is 1. The Morgan fingerprint density at radius 3 is 2.45 bits per heavy atom. The zero-order chi connectivity index (χ0) is 22.0. The van der Waals surface area contributed by atoms with Crippen molar-refractivity contribution in [2.24, 2.45) is 0 Å². The molecule has 11 heteroatoms. The van der Waals surface area contributed by atoms with Gasteiger partial charge in [0.2, 0.25) is 11.9 Å². The third kappa shape index (κ3) is 4.25. The molecule has 3 N–H and O–H groups in total. The Labute approximate surface area is 178 Å². The van der Waals surface area contributed by atoms with Crippen molar-refractivity contribution in [3.05, 3.63) is 36.7 Å². The number of carbonyl (C=O) groups is 1. The molecule has 1 aliphatic rings. The molecule has 0 unspecified atom stereocenters. The first-order valence-corrected chi connectivity index (χ1v) is 9.34. The summed E-state index contributed by atoms with van der Waals surface area (Å²) >= 11 is 0. The Hall–Kier alpha value is -4.15. The first-order valence-electron chi connectivity index (χ1n) is 9.34. The van der Waals surface area contributed by atoms with E-state index in [-0.39, 0.29) is 11.9 Å². The first-order chi connectivity index (χ1) is 14.9. The number of benzene rings is 1. The van der Waals surface area contributed by atoms with Crippen LogP contribution in [-0.4, -0.2) is 45.7 Å². The van der Waals surface area contributed by atoms with Gasteiger partial charge in [0.1, 0.15) is 17.7 Å². The lowest BCUT2D eigenvalue weighted by atomic mass is 10.0. The van der Waals surface area contributed by atoms with Crippen LogP contribution in [-0.2, 0) is 4.79 Å².